The summed E-state index contributed by atoms with van der Waals surface area (Å²) in [5.41, 5.74) is 2.52. The molecule has 0 aliphatic heterocycles. The third kappa shape index (κ3) is 2.99. The average molecular weight is 244 g/mol. The second-order valence-electron chi connectivity index (χ2n) is 4.61. The molecule has 0 aliphatic rings. The van der Waals surface area contributed by atoms with Crippen molar-refractivity contribution in [3.8, 4) is 0 Å². The van der Waals surface area contributed by atoms with E-state index in [0.717, 1.165) is 18.8 Å². The normalized spacial score (nSPS) is 12.6. The second-order valence-corrected chi connectivity index (χ2v) is 4.61. The van der Waals surface area contributed by atoms with Gasteiger partial charge in [0.15, 0.2) is 0 Å². The monoisotopic (exact) mass is 244 g/mol. The van der Waals surface area contributed by atoms with E-state index in [1.807, 2.05) is 10.8 Å². The molecule has 0 radical (unpaired) electrons. The van der Waals surface area contributed by atoms with E-state index in [1.165, 1.54) is 11.1 Å². The molecule has 3 nitrogen and oxygen atoms in total. The smallest absolute Gasteiger partial charge is 0.137 e. The van der Waals surface area contributed by atoms with Gasteiger partial charge in [-0.05, 0) is 32.3 Å². The van der Waals surface area contributed by atoms with Gasteiger partial charge in [0, 0.05) is 18.9 Å². The van der Waals surface area contributed by atoms with Crippen LogP contribution < -0.4 is 0 Å². The number of hydrogen-bond acceptors (Lipinski definition) is 2. The summed E-state index contributed by atoms with van der Waals surface area (Å²) in [5.74, 6) is 0.768. The molecule has 1 atom stereocenters. The molecule has 0 saturated carbocycles. The summed E-state index contributed by atoms with van der Waals surface area (Å²) in [6.07, 6.45) is 4.75. The topological polar surface area (TPSA) is 38.0 Å². The number of aliphatic hydroxyl groups is 1. The third-order valence-electron chi connectivity index (χ3n) is 3.21. The van der Waals surface area contributed by atoms with Crippen LogP contribution in [-0.4, -0.2) is 14.7 Å². The van der Waals surface area contributed by atoms with Gasteiger partial charge in [-0.25, -0.2) is 4.98 Å². The van der Waals surface area contributed by atoms with E-state index in [0.29, 0.717) is 6.42 Å². The van der Waals surface area contributed by atoms with Crippen molar-refractivity contribution in [2.45, 2.75) is 39.3 Å². The number of hydrogen-bond donors (Lipinski definition) is 1. The molecule has 1 N–H and O–H groups in total. The van der Waals surface area contributed by atoms with Crippen LogP contribution in [0.2, 0.25) is 0 Å². The van der Waals surface area contributed by atoms with Crippen molar-refractivity contribution in [3.05, 3.63) is 53.6 Å². The summed E-state index contributed by atoms with van der Waals surface area (Å²) in [4.78, 5) is 4.23. The van der Waals surface area contributed by atoms with Crippen molar-refractivity contribution in [3.63, 3.8) is 0 Å². The van der Waals surface area contributed by atoms with Crippen molar-refractivity contribution >= 4 is 0 Å². The fourth-order valence-corrected chi connectivity index (χ4v) is 2.07. The van der Waals surface area contributed by atoms with Gasteiger partial charge in [0.25, 0.3) is 0 Å². The molecule has 0 bridgehead atoms. The first kappa shape index (κ1) is 12.8. The van der Waals surface area contributed by atoms with E-state index >= 15 is 0 Å². The first-order valence-corrected chi connectivity index (χ1v) is 6.45. The minimum Gasteiger partial charge on any atom is -0.385 e. The van der Waals surface area contributed by atoms with Crippen molar-refractivity contribution in [2.75, 3.05) is 0 Å². The number of aromatic nitrogens is 2. The van der Waals surface area contributed by atoms with Gasteiger partial charge in [0.2, 0.25) is 0 Å². The van der Waals surface area contributed by atoms with Crippen molar-refractivity contribution in [1.82, 2.24) is 9.55 Å². The van der Waals surface area contributed by atoms with Gasteiger partial charge < -0.3 is 9.67 Å². The summed E-state index contributed by atoms with van der Waals surface area (Å²) in [7, 11) is 0. The number of benzene rings is 1. The Bertz CT molecular complexity index is 487. The number of aryl methyl sites for hydroxylation is 3. The molecule has 96 valence electrons. The van der Waals surface area contributed by atoms with Crippen LogP contribution in [-0.2, 0) is 13.0 Å². The molecule has 0 amide bonds. The van der Waals surface area contributed by atoms with Crippen LogP contribution in [0.1, 0.15) is 36.4 Å². The van der Waals surface area contributed by atoms with Gasteiger partial charge in [-0.15, -0.1) is 0 Å². The van der Waals surface area contributed by atoms with Gasteiger partial charge in [0.1, 0.15) is 11.9 Å². The molecule has 0 spiro atoms. The maximum atomic E-state index is 10.2. The number of rotatable bonds is 5. The molecule has 0 fully saturated rings. The fourth-order valence-electron chi connectivity index (χ4n) is 2.07. The Kier molecular flexibility index (Phi) is 4.15. The lowest BCUT2D eigenvalue weighted by Gasteiger charge is -2.12. The lowest BCUT2D eigenvalue weighted by molar-refractivity contribution is 0.153. The highest BCUT2D eigenvalue weighted by Crippen LogP contribution is 2.17. The first-order chi connectivity index (χ1) is 8.70. The maximum Gasteiger partial charge on any atom is 0.137 e. The molecule has 2 aromatic rings. The van der Waals surface area contributed by atoms with E-state index in [-0.39, 0.29) is 0 Å². The van der Waals surface area contributed by atoms with Crippen LogP contribution in [0.4, 0.5) is 0 Å². The molecule has 1 aromatic heterocycles. The molecule has 0 aliphatic carbocycles. The van der Waals surface area contributed by atoms with Crippen LogP contribution in [0.3, 0.4) is 0 Å². The fraction of sp³-hybridized carbons (Fsp3) is 0.400. The Morgan fingerprint density at radius 3 is 2.67 bits per heavy atom. The lowest BCUT2D eigenvalue weighted by atomic mass is 10.1. The summed E-state index contributed by atoms with van der Waals surface area (Å²) < 4.78 is 1.99. The molecule has 1 heterocycles. The largest absolute Gasteiger partial charge is 0.385 e. The minimum absolute atomic E-state index is 0.485. The summed E-state index contributed by atoms with van der Waals surface area (Å²) in [5, 5.41) is 10.2. The third-order valence-corrected chi connectivity index (χ3v) is 3.21. The van der Waals surface area contributed by atoms with Crippen LogP contribution >= 0.6 is 0 Å². The van der Waals surface area contributed by atoms with Crippen LogP contribution in [0.5, 0.6) is 0 Å². The first-order valence-electron chi connectivity index (χ1n) is 6.45. The van der Waals surface area contributed by atoms with Crippen LogP contribution in [0, 0.1) is 6.92 Å². The van der Waals surface area contributed by atoms with Gasteiger partial charge in [0.05, 0.1) is 0 Å². The Morgan fingerprint density at radius 1 is 1.28 bits per heavy atom. The van der Waals surface area contributed by atoms with Gasteiger partial charge in [-0.2, -0.15) is 0 Å². The Hall–Kier alpha value is -1.61. The van der Waals surface area contributed by atoms with E-state index < -0.39 is 6.10 Å². The van der Waals surface area contributed by atoms with Gasteiger partial charge in [-0.3, -0.25) is 0 Å². The van der Waals surface area contributed by atoms with Crippen LogP contribution in [0.25, 0.3) is 0 Å². The zero-order valence-corrected chi connectivity index (χ0v) is 11.0. The predicted molar refractivity (Wildman–Crippen MR) is 72.4 cm³/mol. The highest BCUT2D eigenvalue weighted by molar-refractivity contribution is 5.21. The molecule has 0 saturated heterocycles. The number of imidazole rings is 1. The number of aliphatic hydroxyl groups excluding tert-OH is 1. The molecule has 1 unspecified atom stereocenters. The molecule has 18 heavy (non-hydrogen) atoms. The minimum atomic E-state index is -0.485. The van der Waals surface area contributed by atoms with Gasteiger partial charge >= 0.3 is 0 Å². The molecular weight excluding hydrogens is 224 g/mol. The molecular formula is C15H20N2O. The lowest BCUT2D eigenvalue weighted by Crippen LogP contribution is -2.08. The average Bonchev–Trinajstić information content (AvgIpc) is 2.86. The van der Waals surface area contributed by atoms with E-state index in [2.05, 4.69) is 43.1 Å². The Morgan fingerprint density at radius 2 is 2.00 bits per heavy atom. The highest BCUT2D eigenvalue weighted by Gasteiger charge is 2.12. The Balaban J connectivity index is 1.96. The molecule has 2 rings (SSSR count). The molecule has 3 heteroatoms. The number of nitrogens with zero attached hydrogens (tertiary/aromatic N) is 2. The summed E-state index contributed by atoms with van der Waals surface area (Å²) in [6, 6.07) is 8.45. The van der Waals surface area contributed by atoms with E-state index in [9.17, 15) is 5.11 Å². The second kappa shape index (κ2) is 5.83. The van der Waals surface area contributed by atoms with Crippen molar-refractivity contribution in [2.24, 2.45) is 0 Å². The Labute approximate surface area is 108 Å². The van der Waals surface area contributed by atoms with Crippen LogP contribution in [0.15, 0.2) is 36.7 Å². The zero-order chi connectivity index (χ0) is 13.0. The summed E-state index contributed by atoms with van der Waals surface area (Å²) >= 11 is 0. The zero-order valence-electron chi connectivity index (χ0n) is 11.0. The SMILES string of the molecule is CCn1ccnc1C(O)CCc1ccc(C)cc1. The quantitative estimate of drug-likeness (QED) is 0.878. The van der Waals surface area contributed by atoms with Crippen molar-refractivity contribution in [1.29, 1.82) is 0 Å². The van der Waals surface area contributed by atoms with E-state index in [1.54, 1.807) is 6.20 Å². The van der Waals surface area contributed by atoms with Gasteiger partial charge in [-0.1, -0.05) is 29.8 Å². The van der Waals surface area contributed by atoms with E-state index in [4.69, 9.17) is 0 Å². The maximum absolute atomic E-state index is 10.2. The molecule has 1 aromatic carbocycles. The standard InChI is InChI=1S/C15H20N2O/c1-3-17-11-10-16-15(17)14(18)9-8-13-6-4-12(2)5-7-13/h4-7,10-11,14,18H,3,8-9H2,1-2H3. The summed E-state index contributed by atoms with van der Waals surface area (Å²) in [6.45, 7) is 4.98. The highest BCUT2D eigenvalue weighted by atomic mass is 16.3. The predicted octanol–water partition coefficient (Wildman–Crippen LogP) is 2.88. The van der Waals surface area contributed by atoms with Crippen molar-refractivity contribution < 1.29 is 5.11 Å².